The van der Waals surface area contributed by atoms with Crippen molar-refractivity contribution in [1.82, 2.24) is 0 Å². The maximum atomic E-state index is 11.2. The van der Waals surface area contributed by atoms with Crippen LogP contribution in [0.3, 0.4) is 0 Å². The van der Waals surface area contributed by atoms with Crippen molar-refractivity contribution >= 4 is 26.9 Å². The number of nitrogens with one attached hydrogen (secondary N) is 1. The lowest BCUT2D eigenvalue weighted by Gasteiger charge is -2.14. The first-order chi connectivity index (χ1) is 6.57. The molecule has 0 amide bonds. The Labute approximate surface area is 86.5 Å². The third kappa shape index (κ3) is 2.08. The van der Waals surface area contributed by atoms with E-state index < -0.39 is 15.9 Å². The van der Waals surface area contributed by atoms with Crippen molar-refractivity contribution in [3.8, 4) is 0 Å². The van der Waals surface area contributed by atoms with Gasteiger partial charge in [0.05, 0.1) is 23.7 Å². The fraction of sp³-hybridized carbons (Fsp3) is 0.500. The van der Waals surface area contributed by atoms with Gasteiger partial charge in [0.15, 0.2) is 9.84 Å². The maximum absolute atomic E-state index is 11.2. The predicted molar refractivity (Wildman–Crippen MR) is 56.4 cm³/mol. The Morgan fingerprint density at radius 2 is 2.29 bits per heavy atom. The number of anilines is 1. The van der Waals surface area contributed by atoms with Crippen LogP contribution in [0.4, 0.5) is 5.69 Å². The molecule has 1 aromatic rings. The van der Waals surface area contributed by atoms with E-state index in [9.17, 15) is 13.5 Å². The minimum Gasteiger partial charge on any atom is -0.390 e. The minimum atomic E-state index is -3.06. The second-order valence-electron chi connectivity index (χ2n) is 3.41. The number of thiophene rings is 1. The van der Waals surface area contributed by atoms with Crippen molar-refractivity contribution < 1.29 is 13.5 Å². The highest BCUT2D eigenvalue weighted by molar-refractivity contribution is 7.91. The summed E-state index contributed by atoms with van der Waals surface area (Å²) in [6, 6.07) is 1.50. The molecule has 1 saturated heterocycles. The molecular weight excluding hydrogens is 222 g/mol. The van der Waals surface area contributed by atoms with Crippen LogP contribution in [-0.2, 0) is 9.84 Å². The van der Waals surface area contributed by atoms with Gasteiger partial charge in [-0.2, -0.15) is 11.3 Å². The Hall–Kier alpha value is -0.590. The van der Waals surface area contributed by atoms with Crippen LogP contribution in [0.15, 0.2) is 16.8 Å². The monoisotopic (exact) mass is 233 g/mol. The van der Waals surface area contributed by atoms with Gasteiger partial charge in [-0.25, -0.2) is 8.42 Å². The van der Waals surface area contributed by atoms with Gasteiger partial charge in [0.25, 0.3) is 0 Å². The van der Waals surface area contributed by atoms with Gasteiger partial charge in [0.1, 0.15) is 0 Å². The SMILES string of the molecule is O=S1(=O)CC(O)C(Nc2ccsc2)C1. The van der Waals surface area contributed by atoms with Crippen molar-refractivity contribution in [1.29, 1.82) is 0 Å². The third-order valence-corrected chi connectivity index (χ3v) is 4.60. The van der Waals surface area contributed by atoms with E-state index in [1.807, 2.05) is 16.8 Å². The molecule has 6 heteroatoms. The smallest absolute Gasteiger partial charge is 0.155 e. The van der Waals surface area contributed by atoms with Gasteiger partial charge in [-0.15, -0.1) is 0 Å². The normalized spacial score (nSPS) is 30.4. The third-order valence-electron chi connectivity index (χ3n) is 2.20. The number of rotatable bonds is 2. The van der Waals surface area contributed by atoms with E-state index in [2.05, 4.69) is 5.32 Å². The minimum absolute atomic E-state index is 0.0179. The topological polar surface area (TPSA) is 66.4 Å². The van der Waals surface area contributed by atoms with Gasteiger partial charge in [-0.3, -0.25) is 0 Å². The molecule has 0 aromatic carbocycles. The standard InChI is InChI=1S/C8H11NO3S2/c10-8-5-14(11,12)4-7(8)9-6-1-2-13-3-6/h1-3,7-10H,4-5H2. The number of sulfone groups is 1. The van der Waals surface area contributed by atoms with Crippen LogP contribution in [0.25, 0.3) is 0 Å². The first-order valence-electron chi connectivity index (χ1n) is 4.24. The maximum Gasteiger partial charge on any atom is 0.155 e. The molecule has 78 valence electrons. The summed E-state index contributed by atoms with van der Waals surface area (Å²) in [6.07, 6.45) is -0.792. The highest BCUT2D eigenvalue weighted by Gasteiger charge is 2.36. The molecule has 0 radical (unpaired) electrons. The Morgan fingerprint density at radius 3 is 2.79 bits per heavy atom. The summed E-state index contributed by atoms with van der Waals surface area (Å²) in [5.74, 6) is -0.112. The van der Waals surface area contributed by atoms with E-state index in [1.165, 1.54) is 11.3 Å². The van der Waals surface area contributed by atoms with E-state index in [-0.39, 0.29) is 17.5 Å². The van der Waals surface area contributed by atoms with Gasteiger partial charge >= 0.3 is 0 Å². The highest BCUT2D eigenvalue weighted by Crippen LogP contribution is 2.19. The molecule has 4 nitrogen and oxygen atoms in total. The van der Waals surface area contributed by atoms with Crippen LogP contribution in [-0.4, -0.2) is 37.2 Å². The van der Waals surface area contributed by atoms with E-state index in [0.717, 1.165) is 5.69 Å². The first kappa shape index (κ1) is 9.95. The van der Waals surface area contributed by atoms with Crippen LogP contribution >= 0.6 is 11.3 Å². The second-order valence-corrected chi connectivity index (χ2v) is 6.34. The van der Waals surface area contributed by atoms with Gasteiger partial charge in [0.2, 0.25) is 0 Å². The highest BCUT2D eigenvalue weighted by atomic mass is 32.2. The van der Waals surface area contributed by atoms with Crippen LogP contribution in [0.2, 0.25) is 0 Å². The fourth-order valence-corrected chi connectivity index (χ4v) is 3.87. The molecule has 2 rings (SSSR count). The summed E-state index contributed by atoms with van der Waals surface area (Å²) in [6.45, 7) is 0. The molecule has 2 heterocycles. The van der Waals surface area contributed by atoms with E-state index in [0.29, 0.717) is 0 Å². The van der Waals surface area contributed by atoms with Crippen LogP contribution in [0, 0.1) is 0 Å². The van der Waals surface area contributed by atoms with Crippen LogP contribution in [0.5, 0.6) is 0 Å². The summed E-state index contributed by atoms with van der Waals surface area (Å²) in [7, 11) is -3.06. The number of aliphatic hydroxyl groups excluding tert-OH is 1. The molecule has 14 heavy (non-hydrogen) atoms. The van der Waals surface area contributed by atoms with E-state index >= 15 is 0 Å². The molecule has 1 aliphatic rings. The summed E-state index contributed by atoms with van der Waals surface area (Å²) in [5.41, 5.74) is 0.871. The Kier molecular flexibility index (Phi) is 2.50. The second kappa shape index (κ2) is 3.52. The first-order valence-corrected chi connectivity index (χ1v) is 7.00. The molecule has 2 N–H and O–H groups in total. The molecule has 0 spiro atoms. The Bertz CT molecular complexity index is 398. The number of hydrogen-bond acceptors (Lipinski definition) is 5. The quantitative estimate of drug-likeness (QED) is 0.772. The molecule has 0 bridgehead atoms. The molecule has 1 aromatic heterocycles. The van der Waals surface area contributed by atoms with Crippen LogP contribution in [0.1, 0.15) is 0 Å². The largest absolute Gasteiger partial charge is 0.390 e. The zero-order valence-electron chi connectivity index (χ0n) is 7.38. The zero-order valence-corrected chi connectivity index (χ0v) is 9.01. The lowest BCUT2D eigenvalue weighted by atomic mass is 10.2. The van der Waals surface area contributed by atoms with Crippen LogP contribution < -0.4 is 5.32 Å². The van der Waals surface area contributed by atoms with Gasteiger partial charge in [-0.1, -0.05) is 0 Å². The lowest BCUT2D eigenvalue weighted by Crippen LogP contribution is -2.31. The molecule has 2 unspecified atom stereocenters. The summed E-state index contributed by atoms with van der Waals surface area (Å²) in [5, 5.41) is 16.3. The van der Waals surface area contributed by atoms with E-state index in [4.69, 9.17) is 0 Å². The van der Waals surface area contributed by atoms with E-state index in [1.54, 1.807) is 0 Å². The van der Waals surface area contributed by atoms with Crippen molar-refractivity contribution in [2.45, 2.75) is 12.1 Å². The average Bonchev–Trinajstić information content (AvgIpc) is 2.61. The molecule has 1 fully saturated rings. The molecule has 0 saturated carbocycles. The molecule has 0 aliphatic carbocycles. The predicted octanol–water partition coefficient (Wildman–Crippen LogP) is 0.318. The molecule has 1 aliphatic heterocycles. The number of aliphatic hydroxyl groups is 1. The van der Waals surface area contributed by atoms with Gasteiger partial charge in [-0.05, 0) is 11.4 Å². The average molecular weight is 233 g/mol. The molecule has 2 atom stereocenters. The summed E-state index contributed by atoms with van der Waals surface area (Å²) < 4.78 is 22.4. The van der Waals surface area contributed by atoms with Gasteiger partial charge < -0.3 is 10.4 Å². The van der Waals surface area contributed by atoms with Gasteiger partial charge in [0, 0.05) is 11.1 Å². The van der Waals surface area contributed by atoms with Crippen molar-refractivity contribution in [3.05, 3.63) is 16.8 Å². The van der Waals surface area contributed by atoms with Crippen molar-refractivity contribution in [2.75, 3.05) is 16.8 Å². The van der Waals surface area contributed by atoms with Crippen molar-refractivity contribution in [3.63, 3.8) is 0 Å². The lowest BCUT2D eigenvalue weighted by molar-refractivity contribution is 0.190. The van der Waals surface area contributed by atoms with Crippen molar-refractivity contribution in [2.24, 2.45) is 0 Å². The Balaban J connectivity index is 2.07. The fourth-order valence-electron chi connectivity index (χ4n) is 1.53. The Morgan fingerprint density at radius 1 is 1.50 bits per heavy atom. The summed E-state index contributed by atoms with van der Waals surface area (Å²) in [4.78, 5) is 0. The zero-order chi connectivity index (χ0) is 10.2. The number of hydrogen-bond donors (Lipinski definition) is 2. The molecular formula is C8H11NO3S2. The summed E-state index contributed by atoms with van der Waals surface area (Å²) >= 11 is 1.53.